The average molecular weight is 413 g/mol. The second kappa shape index (κ2) is 8.40. The number of nitrogens with one attached hydrogen (secondary N) is 2. The van der Waals surface area contributed by atoms with Gasteiger partial charge in [-0.2, -0.15) is 0 Å². The highest BCUT2D eigenvalue weighted by molar-refractivity contribution is 5.87. The number of amides is 2. The molecule has 4 atom stereocenters. The van der Waals surface area contributed by atoms with Crippen LogP contribution in [0.5, 0.6) is 0 Å². The molecule has 0 aromatic heterocycles. The second-order valence-corrected chi connectivity index (χ2v) is 9.59. The summed E-state index contributed by atoms with van der Waals surface area (Å²) in [5, 5.41) is 5.23. The van der Waals surface area contributed by atoms with E-state index in [0.717, 1.165) is 38.5 Å². The van der Waals surface area contributed by atoms with E-state index in [1.807, 2.05) is 13.0 Å². The molecule has 2 amide bonds. The van der Waals surface area contributed by atoms with E-state index in [0.29, 0.717) is 18.4 Å². The largest absolute Gasteiger partial charge is 0.455 e. The van der Waals surface area contributed by atoms with Crippen molar-refractivity contribution in [2.24, 2.45) is 17.3 Å². The van der Waals surface area contributed by atoms with Crippen molar-refractivity contribution in [3.63, 3.8) is 0 Å². The van der Waals surface area contributed by atoms with E-state index in [2.05, 4.69) is 34.9 Å². The molecule has 5 rings (SSSR count). The van der Waals surface area contributed by atoms with E-state index >= 15 is 0 Å². The van der Waals surface area contributed by atoms with Crippen LogP contribution >= 0.6 is 0 Å². The van der Waals surface area contributed by atoms with Gasteiger partial charge in [0.15, 0.2) is 6.61 Å². The van der Waals surface area contributed by atoms with Crippen LogP contribution in [0.15, 0.2) is 30.3 Å². The van der Waals surface area contributed by atoms with Crippen LogP contribution in [0.1, 0.15) is 57.4 Å². The first-order chi connectivity index (χ1) is 14.4. The van der Waals surface area contributed by atoms with Gasteiger partial charge in [0.05, 0.1) is 12.0 Å². The standard InChI is InChI=1S/C24H32N2O4/c1-2-8-25-20(27)14-26-21(28)15-30-22(29)24-12-17-9-18(13-24)11-23(10-17,16-24)19-6-4-3-5-7-19/h3-7,17-18H,2,8-16H2,1H3,(H,25,27)(H,26,28)/t17-,18+,23?,24?. The molecular formula is C24H32N2O4. The molecular weight excluding hydrogens is 380 g/mol. The molecule has 162 valence electrons. The Morgan fingerprint density at radius 2 is 1.70 bits per heavy atom. The topological polar surface area (TPSA) is 84.5 Å². The predicted molar refractivity (Wildman–Crippen MR) is 113 cm³/mol. The van der Waals surface area contributed by atoms with Crippen molar-refractivity contribution < 1.29 is 19.1 Å². The Kier molecular flexibility index (Phi) is 5.85. The lowest BCUT2D eigenvalue weighted by atomic mass is 9.43. The minimum absolute atomic E-state index is 0.0595. The fourth-order valence-electron chi connectivity index (χ4n) is 6.47. The Morgan fingerprint density at radius 1 is 1.00 bits per heavy atom. The fourth-order valence-corrected chi connectivity index (χ4v) is 6.47. The monoisotopic (exact) mass is 412 g/mol. The first-order valence-electron chi connectivity index (χ1n) is 11.2. The van der Waals surface area contributed by atoms with Crippen molar-refractivity contribution >= 4 is 17.8 Å². The molecule has 0 spiro atoms. The summed E-state index contributed by atoms with van der Waals surface area (Å²) in [4.78, 5) is 36.9. The van der Waals surface area contributed by atoms with Crippen molar-refractivity contribution in [2.45, 2.75) is 57.3 Å². The van der Waals surface area contributed by atoms with Crippen LogP contribution in [0.2, 0.25) is 0 Å². The highest BCUT2D eigenvalue weighted by Gasteiger charge is 2.61. The van der Waals surface area contributed by atoms with Gasteiger partial charge in [-0.15, -0.1) is 0 Å². The van der Waals surface area contributed by atoms with Gasteiger partial charge in [0.1, 0.15) is 0 Å². The zero-order chi connectivity index (χ0) is 21.2. The highest BCUT2D eigenvalue weighted by atomic mass is 16.5. The van der Waals surface area contributed by atoms with Crippen molar-refractivity contribution in [3.05, 3.63) is 35.9 Å². The minimum Gasteiger partial charge on any atom is -0.455 e. The number of ether oxygens (including phenoxy) is 1. The van der Waals surface area contributed by atoms with Crippen LogP contribution in [0.4, 0.5) is 0 Å². The van der Waals surface area contributed by atoms with Crippen molar-refractivity contribution in [1.82, 2.24) is 10.6 Å². The maximum absolute atomic E-state index is 13.2. The molecule has 4 aliphatic rings. The first kappa shape index (κ1) is 20.9. The Morgan fingerprint density at radius 3 is 2.37 bits per heavy atom. The summed E-state index contributed by atoms with van der Waals surface area (Å²) in [6, 6.07) is 10.6. The third-order valence-electron chi connectivity index (χ3n) is 7.23. The summed E-state index contributed by atoms with van der Waals surface area (Å²) in [6.07, 6.45) is 6.90. The normalized spacial score (nSPS) is 31.2. The molecule has 6 heteroatoms. The van der Waals surface area contributed by atoms with Gasteiger partial charge in [-0.3, -0.25) is 14.4 Å². The van der Waals surface area contributed by atoms with Gasteiger partial charge >= 0.3 is 5.97 Å². The maximum Gasteiger partial charge on any atom is 0.312 e. The SMILES string of the molecule is CCCNC(=O)CNC(=O)COC(=O)C12C[C@H]3C[C@@H](C1)CC(c1ccccc1)(C3)C2. The van der Waals surface area contributed by atoms with Crippen LogP contribution in [0.3, 0.4) is 0 Å². The summed E-state index contributed by atoms with van der Waals surface area (Å²) in [5.74, 6) is 0.201. The zero-order valence-corrected chi connectivity index (χ0v) is 17.7. The Bertz CT molecular complexity index is 793. The van der Waals surface area contributed by atoms with Gasteiger partial charge in [-0.25, -0.2) is 0 Å². The van der Waals surface area contributed by atoms with Crippen LogP contribution in [0.25, 0.3) is 0 Å². The summed E-state index contributed by atoms with van der Waals surface area (Å²) < 4.78 is 5.50. The van der Waals surface area contributed by atoms with Crippen molar-refractivity contribution in [1.29, 1.82) is 0 Å². The third-order valence-corrected chi connectivity index (χ3v) is 7.23. The van der Waals surface area contributed by atoms with Gasteiger partial charge in [-0.1, -0.05) is 37.3 Å². The maximum atomic E-state index is 13.2. The molecule has 1 aromatic rings. The van der Waals surface area contributed by atoms with Gasteiger partial charge in [0, 0.05) is 6.54 Å². The summed E-state index contributed by atoms with van der Waals surface area (Å²) in [7, 11) is 0. The number of benzene rings is 1. The number of esters is 1. The fraction of sp³-hybridized carbons (Fsp3) is 0.625. The van der Waals surface area contributed by atoms with Gasteiger partial charge in [0.2, 0.25) is 5.91 Å². The molecule has 4 aliphatic carbocycles. The van der Waals surface area contributed by atoms with E-state index in [1.165, 1.54) is 12.0 Å². The number of carbonyl (C=O) groups excluding carboxylic acids is 3. The third kappa shape index (κ3) is 4.09. The lowest BCUT2D eigenvalue weighted by Gasteiger charge is -2.61. The molecule has 0 heterocycles. The van der Waals surface area contributed by atoms with Gasteiger partial charge < -0.3 is 15.4 Å². The van der Waals surface area contributed by atoms with E-state index in [4.69, 9.17) is 4.74 Å². The van der Waals surface area contributed by atoms with E-state index < -0.39 is 11.3 Å². The zero-order valence-electron chi connectivity index (χ0n) is 17.7. The average Bonchev–Trinajstić information content (AvgIpc) is 2.74. The lowest BCUT2D eigenvalue weighted by molar-refractivity contribution is -0.175. The van der Waals surface area contributed by atoms with Crippen LogP contribution in [0, 0.1) is 17.3 Å². The molecule has 1 aromatic carbocycles. The molecule has 6 nitrogen and oxygen atoms in total. The lowest BCUT2D eigenvalue weighted by Crippen LogP contribution is -2.57. The van der Waals surface area contributed by atoms with Crippen LogP contribution in [-0.4, -0.2) is 37.5 Å². The van der Waals surface area contributed by atoms with Gasteiger partial charge in [0.25, 0.3) is 5.91 Å². The van der Waals surface area contributed by atoms with Crippen LogP contribution in [-0.2, 0) is 24.5 Å². The smallest absolute Gasteiger partial charge is 0.312 e. The molecule has 30 heavy (non-hydrogen) atoms. The number of hydrogen-bond donors (Lipinski definition) is 2. The molecule has 2 N–H and O–H groups in total. The number of rotatable bonds is 8. The highest BCUT2D eigenvalue weighted by Crippen LogP contribution is 2.66. The van der Waals surface area contributed by atoms with E-state index in [1.54, 1.807) is 0 Å². The second-order valence-electron chi connectivity index (χ2n) is 9.59. The molecule has 4 saturated carbocycles. The molecule has 0 saturated heterocycles. The Balaban J connectivity index is 1.37. The number of carbonyl (C=O) groups is 3. The van der Waals surface area contributed by atoms with Crippen LogP contribution < -0.4 is 10.6 Å². The molecule has 0 aliphatic heterocycles. The van der Waals surface area contributed by atoms with E-state index in [-0.39, 0.29) is 30.4 Å². The summed E-state index contributed by atoms with van der Waals surface area (Å²) in [5.41, 5.74) is 0.926. The molecule has 2 unspecified atom stereocenters. The molecule has 0 radical (unpaired) electrons. The minimum atomic E-state index is -0.474. The summed E-state index contributed by atoms with van der Waals surface area (Å²) >= 11 is 0. The van der Waals surface area contributed by atoms with Gasteiger partial charge in [-0.05, 0) is 67.8 Å². The molecule has 4 fully saturated rings. The number of hydrogen-bond acceptors (Lipinski definition) is 4. The Hall–Kier alpha value is -2.37. The predicted octanol–water partition coefficient (Wildman–Crippen LogP) is 2.71. The quantitative estimate of drug-likeness (QED) is 0.643. The molecule has 4 bridgehead atoms. The van der Waals surface area contributed by atoms with Crippen molar-refractivity contribution in [3.8, 4) is 0 Å². The van der Waals surface area contributed by atoms with Crippen molar-refractivity contribution in [2.75, 3.05) is 19.7 Å². The Labute approximate surface area is 178 Å². The summed E-state index contributed by atoms with van der Waals surface area (Å²) in [6.45, 7) is 2.13. The van der Waals surface area contributed by atoms with E-state index in [9.17, 15) is 14.4 Å². The first-order valence-corrected chi connectivity index (χ1v) is 11.2.